The fourth-order valence-electron chi connectivity index (χ4n) is 5.05. The Bertz CT molecular complexity index is 1630. The summed E-state index contributed by atoms with van der Waals surface area (Å²) in [5, 5.41) is 0. The summed E-state index contributed by atoms with van der Waals surface area (Å²) in [6.45, 7) is 6.58. The van der Waals surface area contributed by atoms with Gasteiger partial charge < -0.3 is 4.90 Å². The zero-order valence-corrected chi connectivity index (χ0v) is 23.8. The van der Waals surface area contributed by atoms with Crippen molar-refractivity contribution < 1.29 is 17.4 Å². The average Bonchev–Trinajstić information content (AvgIpc) is 3.39. The lowest BCUT2D eigenvalue weighted by atomic mass is 9.98. The molecule has 0 amide bonds. The summed E-state index contributed by atoms with van der Waals surface area (Å²) in [4.78, 5) is 24.0. The van der Waals surface area contributed by atoms with Crippen LogP contribution in [0.15, 0.2) is 84.0 Å². The minimum atomic E-state index is -4.10. The van der Waals surface area contributed by atoms with Crippen LogP contribution in [0.5, 0.6) is 0 Å². The number of anilines is 2. The first-order valence-electron chi connectivity index (χ1n) is 13.6. The Morgan fingerprint density at radius 1 is 0.975 bits per heavy atom. The smallest absolute Gasteiger partial charge is 0.297 e. The molecule has 40 heavy (non-hydrogen) atoms. The van der Waals surface area contributed by atoms with Gasteiger partial charge in [-0.05, 0) is 56.0 Å². The van der Waals surface area contributed by atoms with E-state index in [1.165, 1.54) is 6.33 Å². The summed E-state index contributed by atoms with van der Waals surface area (Å²) in [5.41, 5.74) is 5.76. The first kappa shape index (κ1) is 27.7. The van der Waals surface area contributed by atoms with Gasteiger partial charge in [0.1, 0.15) is 18.2 Å². The number of ketones is 1. The van der Waals surface area contributed by atoms with Crippen LogP contribution in [0.4, 0.5) is 11.5 Å². The van der Waals surface area contributed by atoms with Gasteiger partial charge in [0.15, 0.2) is 5.78 Å². The number of unbranched alkanes of at least 4 members (excludes halogenated alkanes) is 1. The molecule has 0 aliphatic carbocycles. The summed E-state index contributed by atoms with van der Waals surface area (Å²) in [5.74, 6) is 0.786. The van der Waals surface area contributed by atoms with Crippen molar-refractivity contribution in [2.75, 3.05) is 11.4 Å². The number of fused-ring (bicyclic) bond motifs is 1. The molecule has 0 bridgehead atoms. The Kier molecular flexibility index (Phi) is 8.09. The van der Waals surface area contributed by atoms with Crippen molar-refractivity contribution in [3.8, 4) is 0 Å². The van der Waals surface area contributed by atoms with E-state index in [1.54, 1.807) is 30.3 Å². The first-order chi connectivity index (χ1) is 19.3. The fraction of sp³-hybridized carbons (Fsp3) is 0.281. The molecule has 2 heterocycles. The second-order valence-corrected chi connectivity index (χ2v) is 11.8. The molecule has 8 heteroatoms. The standard InChI is InChI=1S/C32H33N3O4S/c1-4-5-12-30(36)27-10-7-11-29-26(27)17-18-35(29)31-20-28(33-21-34-31)32(24-9-6-8-23(3)19-24)39-40(37,38)25-15-13-22(2)14-16-25/h6-11,13-16,19-21,32H,4-5,12,17-18H2,1-3H3. The molecule has 1 aliphatic rings. The van der Waals surface area contributed by atoms with Crippen LogP contribution in [0, 0.1) is 13.8 Å². The van der Waals surface area contributed by atoms with Crippen LogP contribution in [0.2, 0.25) is 0 Å². The van der Waals surface area contributed by atoms with Crippen LogP contribution in [0.25, 0.3) is 0 Å². The minimum absolute atomic E-state index is 0.0822. The van der Waals surface area contributed by atoms with E-state index in [9.17, 15) is 13.2 Å². The zero-order valence-electron chi connectivity index (χ0n) is 23.0. The molecule has 0 spiro atoms. The number of Topliss-reactive ketones (excluding diaryl/α,β-unsaturated/α-hetero) is 1. The van der Waals surface area contributed by atoms with Gasteiger partial charge >= 0.3 is 0 Å². The van der Waals surface area contributed by atoms with Gasteiger partial charge in [-0.1, -0.05) is 73.0 Å². The third-order valence-electron chi connectivity index (χ3n) is 7.18. The third-order valence-corrected chi connectivity index (χ3v) is 8.48. The predicted octanol–water partition coefficient (Wildman–Crippen LogP) is 6.66. The third kappa shape index (κ3) is 5.83. The quantitative estimate of drug-likeness (QED) is 0.160. The van der Waals surface area contributed by atoms with E-state index in [1.807, 2.05) is 56.3 Å². The van der Waals surface area contributed by atoms with Gasteiger partial charge in [0, 0.05) is 30.3 Å². The molecule has 7 nitrogen and oxygen atoms in total. The molecule has 0 N–H and O–H groups in total. The molecule has 206 valence electrons. The highest BCUT2D eigenvalue weighted by molar-refractivity contribution is 7.86. The maximum atomic E-state index is 13.4. The van der Waals surface area contributed by atoms with Crippen molar-refractivity contribution >= 4 is 27.4 Å². The molecule has 0 radical (unpaired) electrons. The number of aryl methyl sites for hydroxylation is 2. The molecule has 1 unspecified atom stereocenters. The van der Waals surface area contributed by atoms with E-state index in [2.05, 4.69) is 21.8 Å². The highest BCUT2D eigenvalue weighted by Crippen LogP contribution is 2.38. The Morgan fingerprint density at radius 2 is 1.75 bits per heavy atom. The molecular weight excluding hydrogens is 522 g/mol. The molecule has 0 fully saturated rings. The number of benzene rings is 3. The second kappa shape index (κ2) is 11.7. The number of rotatable bonds is 10. The Labute approximate surface area is 236 Å². The van der Waals surface area contributed by atoms with E-state index in [0.717, 1.165) is 47.2 Å². The van der Waals surface area contributed by atoms with Gasteiger partial charge in [0.2, 0.25) is 0 Å². The molecule has 5 rings (SSSR count). The number of aromatic nitrogens is 2. The Hall–Kier alpha value is -3.88. The molecule has 0 saturated carbocycles. The van der Waals surface area contributed by atoms with Crippen molar-refractivity contribution in [1.82, 2.24) is 9.97 Å². The molecule has 3 aromatic carbocycles. The first-order valence-corrected chi connectivity index (χ1v) is 15.0. The maximum absolute atomic E-state index is 13.4. The van der Waals surface area contributed by atoms with Crippen molar-refractivity contribution in [3.05, 3.63) is 113 Å². The minimum Gasteiger partial charge on any atom is -0.326 e. The predicted molar refractivity (Wildman–Crippen MR) is 156 cm³/mol. The number of hydrogen-bond donors (Lipinski definition) is 0. The Morgan fingerprint density at radius 3 is 2.50 bits per heavy atom. The van der Waals surface area contributed by atoms with Crippen LogP contribution < -0.4 is 4.90 Å². The van der Waals surface area contributed by atoms with Gasteiger partial charge in [-0.15, -0.1) is 0 Å². The number of nitrogens with zero attached hydrogens (tertiary/aromatic N) is 3. The number of carbonyl (C=O) groups excluding carboxylic acids is 1. The van der Waals surface area contributed by atoms with Crippen LogP contribution in [0.1, 0.15) is 70.6 Å². The van der Waals surface area contributed by atoms with Crippen LogP contribution in [0.3, 0.4) is 0 Å². The zero-order chi connectivity index (χ0) is 28.3. The average molecular weight is 556 g/mol. The lowest BCUT2D eigenvalue weighted by Gasteiger charge is -2.22. The maximum Gasteiger partial charge on any atom is 0.297 e. The van der Waals surface area contributed by atoms with Crippen LogP contribution in [-0.4, -0.2) is 30.7 Å². The molecule has 1 atom stereocenters. The molecule has 1 aromatic heterocycles. The van der Waals surface area contributed by atoms with Gasteiger partial charge in [-0.25, -0.2) is 9.97 Å². The number of carbonyl (C=O) groups is 1. The van der Waals surface area contributed by atoms with E-state index in [0.29, 0.717) is 30.0 Å². The SMILES string of the molecule is CCCCC(=O)c1cccc2c1CCN2c1cc(C(OS(=O)(=O)c2ccc(C)cc2)c2cccc(C)c2)ncn1. The lowest BCUT2D eigenvalue weighted by Crippen LogP contribution is -2.18. The second-order valence-electron chi connectivity index (χ2n) is 10.2. The molecule has 1 aliphatic heterocycles. The van der Waals surface area contributed by atoms with Crippen molar-refractivity contribution in [2.45, 2.75) is 57.5 Å². The summed E-state index contributed by atoms with van der Waals surface area (Å²) in [7, 11) is -4.10. The lowest BCUT2D eigenvalue weighted by molar-refractivity contribution is 0.0979. The van der Waals surface area contributed by atoms with Gasteiger partial charge in [0.05, 0.1) is 10.6 Å². The van der Waals surface area contributed by atoms with E-state index < -0.39 is 16.2 Å². The summed E-state index contributed by atoms with van der Waals surface area (Å²) < 4.78 is 32.6. The largest absolute Gasteiger partial charge is 0.326 e. The van der Waals surface area contributed by atoms with Crippen molar-refractivity contribution in [3.63, 3.8) is 0 Å². The van der Waals surface area contributed by atoms with Crippen molar-refractivity contribution in [1.29, 1.82) is 0 Å². The normalized spacial score (nSPS) is 13.7. The summed E-state index contributed by atoms with van der Waals surface area (Å²) >= 11 is 0. The molecule has 4 aromatic rings. The van der Waals surface area contributed by atoms with E-state index >= 15 is 0 Å². The van der Waals surface area contributed by atoms with Gasteiger partial charge in [0.25, 0.3) is 10.1 Å². The summed E-state index contributed by atoms with van der Waals surface area (Å²) in [6.07, 6.45) is 3.56. The highest BCUT2D eigenvalue weighted by atomic mass is 32.2. The number of hydrogen-bond acceptors (Lipinski definition) is 7. The van der Waals surface area contributed by atoms with E-state index in [-0.39, 0.29) is 10.7 Å². The Balaban J connectivity index is 1.51. The van der Waals surface area contributed by atoms with Gasteiger partial charge in [-0.2, -0.15) is 8.42 Å². The molecular formula is C32H33N3O4S. The highest BCUT2D eigenvalue weighted by Gasteiger charge is 2.29. The fourth-order valence-corrected chi connectivity index (χ4v) is 6.10. The van der Waals surface area contributed by atoms with Crippen LogP contribution in [-0.2, 0) is 20.7 Å². The topological polar surface area (TPSA) is 89.5 Å². The van der Waals surface area contributed by atoms with Crippen molar-refractivity contribution in [2.24, 2.45) is 0 Å². The summed E-state index contributed by atoms with van der Waals surface area (Å²) in [6, 6.07) is 21.7. The molecule has 0 saturated heterocycles. The van der Waals surface area contributed by atoms with Crippen LogP contribution >= 0.6 is 0 Å². The van der Waals surface area contributed by atoms with E-state index in [4.69, 9.17) is 4.18 Å². The van der Waals surface area contributed by atoms with Gasteiger partial charge in [-0.3, -0.25) is 8.98 Å². The monoisotopic (exact) mass is 555 g/mol.